The van der Waals surface area contributed by atoms with Crippen molar-refractivity contribution in [2.24, 2.45) is 0 Å². The van der Waals surface area contributed by atoms with E-state index < -0.39 is 10.0 Å². The molecule has 0 amide bonds. The lowest BCUT2D eigenvalue weighted by Gasteiger charge is -2.19. The van der Waals surface area contributed by atoms with Crippen molar-refractivity contribution >= 4 is 37.3 Å². The third-order valence-electron chi connectivity index (χ3n) is 3.49. The smallest absolute Gasteiger partial charge is 0.241 e. The Morgan fingerprint density at radius 1 is 1.38 bits per heavy atom. The third-order valence-corrected chi connectivity index (χ3v) is 6.89. The molecule has 1 unspecified atom stereocenters. The molecule has 0 spiro atoms. The lowest BCUT2D eigenvalue weighted by molar-refractivity contribution is 0.293. The van der Waals surface area contributed by atoms with Gasteiger partial charge < -0.3 is 4.90 Å². The number of nitrogens with zero attached hydrogens (tertiary/aromatic N) is 1. The first-order valence-electron chi connectivity index (χ1n) is 7.30. The molecule has 0 aliphatic carbocycles. The molecule has 0 aliphatic rings. The highest BCUT2D eigenvalue weighted by Crippen LogP contribution is 2.29. The van der Waals surface area contributed by atoms with Crippen LogP contribution in [0.4, 0.5) is 0 Å². The Hall–Kier alpha value is 0.0500. The highest BCUT2D eigenvalue weighted by atomic mass is 79.9. The molecular weight excluding hydrogens is 372 g/mol. The van der Waals surface area contributed by atoms with Crippen molar-refractivity contribution in [2.75, 3.05) is 19.6 Å². The van der Waals surface area contributed by atoms with Gasteiger partial charge in [0.15, 0.2) is 0 Å². The van der Waals surface area contributed by atoms with Crippen molar-refractivity contribution in [3.05, 3.63) is 14.7 Å². The molecule has 1 heterocycles. The molecule has 0 bridgehead atoms. The van der Waals surface area contributed by atoms with Crippen LogP contribution in [0.3, 0.4) is 0 Å². The molecule has 7 heteroatoms. The average Bonchev–Trinajstić information content (AvgIpc) is 2.74. The van der Waals surface area contributed by atoms with Gasteiger partial charge in [0.2, 0.25) is 10.0 Å². The van der Waals surface area contributed by atoms with Crippen molar-refractivity contribution in [2.45, 2.75) is 51.5 Å². The van der Waals surface area contributed by atoms with E-state index in [1.165, 1.54) is 11.3 Å². The van der Waals surface area contributed by atoms with Crippen LogP contribution >= 0.6 is 27.3 Å². The molecule has 0 radical (unpaired) electrons. The minimum atomic E-state index is -3.41. The summed E-state index contributed by atoms with van der Waals surface area (Å²) in [5.74, 6) is 0. The van der Waals surface area contributed by atoms with Gasteiger partial charge in [-0.25, -0.2) is 13.1 Å². The van der Waals surface area contributed by atoms with Gasteiger partial charge in [0.1, 0.15) is 0 Å². The summed E-state index contributed by atoms with van der Waals surface area (Å²) in [6.07, 6.45) is 1.85. The Morgan fingerprint density at radius 2 is 2.00 bits per heavy atom. The van der Waals surface area contributed by atoms with Gasteiger partial charge in [-0.05, 0) is 68.3 Å². The van der Waals surface area contributed by atoms with Crippen LogP contribution in [0.2, 0.25) is 0 Å². The molecule has 1 atom stereocenters. The zero-order valence-corrected chi connectivity index (χ0v) is 16.4. The molecule has 1 aromatic rings. The zero-order chi connectivity index (χ0) is 16.0. The first-order chi connectivity index (χ1) is 9.80. The van der Waals surface area contributed by atoms with E-state index in [-0.39, 0.29) is 6.04 Å². The minimum Gasteiger partial charge on any atom is -0.304 e. The highest BCUT2D eigenvalue weighted by Gasteiger charge is 2.21. The fraction of sp³-hybridized carbons (Fsp3) is 0.714. The summed E-state index contributed by atoms with van der Waals surface area (Å²) in [5.41, 5.74) is 0. The molecule has 1 aromatic heterocycles. The molecule has 0 fully saturated rings. The van der Waals surface area contributed by atoms with Crippen LogP contribution in [-0.4, -0.2) is 39.0 Å². The molecule has 122 valence electrons. The molecule has 1 N–H and O–H groups in total. The SMILES string of the molecule is CCN(CC)CCCC(C)NS(=O)(=O)c1cc(Br)sc1C. The van der Waals surface area contributed by atoms with E-state index in [1.807, 2.05) is 13.8 Å². The Morgan fingerprint density at radius 3 is 2.48 bits per heavy atom. The first kappa shape index (κ1) is 19.1. The Kier molecular flexibility index (Phi) is 7.84. The van der Waals surface area contributed by atoms with E-state index >= 15 is 0 Å². The second-order valence-corrected chi connectivity index (χ2v) is 9.48. The monoisotopic (exact) mass is 396 g/mol. The lowest BCUT2D eigenvalue weighted by atomic mass is 10.2. The largest absolute Gasteiger partial charge is 0.304 e. The predicted octanol–water partition coefficient (Wildman–Crippen LogP) is 3.61. The van der Waals surface area contributed by atoms with Crippen LogP contribution in [0.25, 0.3) is 0 Å². The number of halogens is 1. The van der Waals surface area contributed by atoms with Gasteiger partial charge in [0.05, 0.1) is 8.68 Å². The Labute approximate surface area is 141 Å². The van der Waals surface area contributed by atoms with Gasteiger partial charge in [-0.3, -0.25) is 0 Å². The summed E-state index contributed by atoms with van der Waals surface area (Å²) >= 11 is 4.78. The third kappa shape index (κ3) is 5.98. The van der Waals surface area contributed by atoms with Gasteiger partial charge in [-0.1, -0.05) is 13.8 Å². The van der Waals surface area contributed by atoms with Crippen LogP contribution in [0, 0.1) is 6.92 Å². The molecule has 0 saturated heterocycles. The lowest BCUT2D eigenvalue weighted by Crippen LogP contribution is -2.33. The van der Waals surface area contributed by atoms with Gasteiger partial charge >= 0.3 is 0 Å². The molecule has 0 aliphatic heterocycles. The van der Waals surface area contributed by atoms with Crippen LogP contribution in [0.15, 0.2) is 14.7 Å². The predicted molar refractivity (Wildman–Crippen MR) is 93.6 cm³/mol. The standard InChI is InChI=1S/C14H25BrN2O2S2/c1-5-17(6-2)9-7-8-11(3)16-21(18,19)13-10-14(15)20-12(13)4/h10-11,16H,5-9H2,1-4H3. The van der Waals surface area contributed by atoms with Crippen molar-refractivity contribution in [1.82, 2.24) is 9.62 Å². The van der Waals surface area contributed by atoms with Gasteiger partial charge in [0.25, 0.3) is 0 Å². The van der Waals surface area contributed by atoms with E-state index in [0.717, 1.165) is 41.1 Å². The second kappa shape index (κ2) is 8.62. The highest BCUT2D eigenvalue weighted by molar-refractivity contribution is 9.11. The summed E-state index contributed by atoms with van der Waals surface area (Å²) in [4.78, 5) is 3.54. The minimum absolute atomic E-state index is 0.0522. The number of aryl methyl sites for hydroxylation is 1. The summed E-state index contributed by atoms with van der Waals surface area (Å²) < 4.78 is 28.3. The van der Waals surface area contributed by atoms with Crippen LogP contribution in [0.5, 0.6) is 0 Å². The van der Waals surface area contributed by atoms with Crippen molar-refractivity contribution in [3.63, 3.8) is 0 Å². The van der Waals surface area contributed by atoms with Gasteiger partial charge in [-0.2, -0.15) is 0 Å². The van der Waals surface area contributed by atoms with E-state index in [2.05, 4.69) is 39.4 Å². The van der Waals surface area contributed by atoms with Crippen molar-refractivity contribution < 1.29 is 8.42 Å². The topological polar surface area (TPSA) is 49.4 Å². The number of hydrogen-bond donors (Lipinski definition) is 1. The Balaban J connectivity index is 2.54. The van der Waals surface area contributed by atoms with E-state index in [1.54, 1.807) is 6.07 Å². The van der Waals surface area contributed by atoms with Crippen molar-refractivity contribution in [1.29, 1.82) is 0 Å². The maximum absolute atomic E-state index is 12.4. The number of hydrogen-bond acceptors (Lipinski definition) is 4. The normalized spacial score (nSPS) is 13.8. The summed E-state index contributed by atoms with van der Waals surface area (Å²) in [6, 6.07) is 1.62. The van der Waals surface area contributed by atoms with E-state index in [4.69, 9.17) is 0 Å². The number of rotatable bonds is 9. The quantitative estimate of drug-likeness (QED) is 0.693. The maximum atomic E-state index is 12.4. The molecule has 0 aromatic carbocycles. The van der Waals surface area contributed by atoms with Crippen LogP contribution < -0.4 is 4.72 Å². The maximum Gasteiger partial charge on any atom is 0.241 e. The van der Waals surface area contributed by atoms with Gasteiger partial charge in [0, 0.05) is 10.9 Å². The molecule has 1 rings (SSSR count). The molecular formula is C14H25BrN2O2S2. The molecule has 0 saturated carbocycles. The molecule has 21 heavy (non-hydrogen) atoms. The molecule has 4 nitrogen and oxygen atoms in total. The summed E-state index contributed by atoms with van der Waals surface area (Å²) in [5, 5.41) is 0. The zero-order valence-electron chi connectivity index (χ0n) is 13.1. The number of nitrogens with one attached hydrogen (secondary N) is 1. The summed E-state index contributed by atoms with van der Waals surface area (Å²) in [6.45, 7) is 11.1. The van der Waals surface area contributed by atoms with E-state index in [0.29, 0.717) is 4.90 Å². The van der Waals surface area contributed by atoms with Crippen LogP contribution in [-0.2, 0) is 10.0 Å². The van der Waals surface area contributed by atoms with Crippen molar-refractivity contribution in [3.8, 4) is 0 Å². The Bertz CT molecular complexity index is 539. The summed E-state index contributed by atoms with van der Waals surface area (Å²) in [7, 11) is -3.41. The van der Waals surface area contributed by atoms with Crippen LogP contribution in [0.1, 0.15) is 38.5 Å². The number of sulfonamides is 1. The van der Waals surface area contributed by atoms with Gasteiger partial charge in [-0.15, -0.1) is 11.3 Å². The number of thiophene rings is 1. The average molecular weight is 397 g/mol. The first-order valence-corrected chi connectivity index (χ1v) is 10.4. The fourth-order valence-corrected chi connectivity index (χ4v) is 5.94. The second-order valence-electron chi connectivity index (χ2n) is 5.16. The fourth-order valence-electron chi connectivity index (χ4n) is 2.25. The van der Waals surface area contributed by atoms with E-state index in [9.17, 15) is 8.42 Å².